The van der Waals surface area contributed by atoms with Crippen molar-refractivity contribution in [3.05, 3.63) is 89.5 Å². The van der Waals surface area contributed by atoms with Crippen molar-refractivity contribution in [1.82, 2.24) is 0 Å². The van der Waals surface area contributed by atoms with Crippen molar-refractivity contribution in [3.63, 3.8) is 0 Å². The topological polar surface area (TPSA) is 209 Å². The van der Waals surface area contributed by atoms with Crippen LogP contribution in [0.4, 0.5) is 0 Å². The summed E-state index contributed by atoms with van der Waals surface area (Å²) in [7, 11) is 0. The number of carboxylic acid groups (broad SMARTS) is 3. The summed E-state index contributed by atoms with van der Waals surface area (Å²) in [4.78, 5) is 41.8. The molecule has 34 heavy (non-hydrogen) atoms. The predicted molar refractivity (Wildman–Crippen MR) is 108 cm³/mol. The SMILES string of the molecule is O=C(O)c1ccccc1O[O-].O=C(O)c1ccccc1O[O-].O=C(O)c1ccccc1O[O-].[Al+3]. The third-order valence-electron chi connectivity index (χ3n) is 3.62. The van der Waals surface area contributed by atoms with Crippen LogP contribution in [-0.2, 0) is 0 Å². The quantitative estimate of drug-likeness (QED) is 0.234. The third-order valence-corrected chi connectivity index (χ3v) is 3.62. The normalized spacial score (nSPS) is 8.91. The molecule has 0 aliphatic rings. The van der Waals surface area contributed by atoms with Crippen LogP contribution in [0.2, 0.25) is 0 Å². The van der Waals surface area contributed by atoms with Crippen molar-refractivity contribution >= 4 is 35.3 Å². The van der Waals surface area contributed by atoms with E-state index in [0.29, 0.717) is 0 Å². The van der Waals surface area contributed by atoms with E-state index in [4.69, 9.17) is 15.3 Å². The maximum absolute atomic E-state index is 10.4. The smallest absolute Gasteiger partial charge is 0.664 e. The molecule has 0 aromatic heterocycles. The van der Waals surface area contributed by atoms with Gasteiger partial charge in [0.1, 0.15) is 33.9 Å². The Balaban J connectivity index is 0.000000473. The molecule has 0 spiro atoms. The Morgan fingerprint density at radius 2 is 0.706 bits per heavy atom. The molecule has 12 nitrogen and oxygen atoms in total. The van der Waals surface area contributed by atoms with E-state index in [2.05, 4.69) is 14.7 Å². The Labute approximate surface area is 202 Å². The Bertz CT molecular complexity index is 950. The molecule has 0 atom stereocenters. The first-order valence-corrected chi connectivity index (χ1v) is 8.63. The molecule has 0 bridgehead atoms. The van der Waals surface area contributed by atoms with Crippen LogP contribution in [0, 0.1) is 0 Å². The van der Waals surface area contributed by atoms with E-state index >= 15 is 0 Å². The first-order valence-electron chi connectivity index (χ1n) is 8.63. The van der Waals surface area contributed by atoms with Gasteiger partial charge in [0, 0.05) is 0 Å². The maximum atomic E-state index is 10.4. The van der Waals surface area contributed by atoms with Crippen LogP contribution in [-0.4, -0.2) is 50.6 Å². The average Bonchev–Trinajstić information content (AvgIpc) is 2.84. The van der Waals surface area contributed by atoms with E-state index in [1.807, 2.05) is 0 Å². The number of carbonyl (C=O) groups is 3. The van der Waals surface area contributed by atoms with Crippen molar-refractivity contribution in [2.75, 3.05) is 0 Å². The molecule has 0 heterocycles. The summed E-state index contributed by atoms with van der Waals surface area (Å²) in [5, 5.41) is 55.1. The van der Waals surface area contributed by atoms with Gasteiger partial charge in [-0.2, -0.15) is 0 Å². The molecule has 3 aromatic rings. The van der Waals surface area contributed by atoms with Gasteiger partial charge < -0.3 is 45.8 Å². The molecule has 0 aliphatic heterocycles. The second-order valence-corrected chi connectivity index (χ2v) is 5.65. The summed E-state index contributed by atoms with van der Waals surface area (Å²) < 4.78 is 0. The van der Waals surface area contributed by atoms with Crippen LogP contribution >= 0.6 is 0 Å². The minimum Gasteiger partial charge on any atom is -0.664 e. The molecule has 0 amide bonds. The van der Waals surface area contributed by atoms with Crippen LogP contribution in [0.15, 0.2) is 72.8 Å². The number of hydrogen-bond acceptors (Lipinski definition) is 9. The van der Waals surface area contributed by atoms with Crippen molar-refractivity contribution < 1.29 is 60.1 Å². The van der Waals surface area contributed by atoms with Gasteiger partial charge in [-0.05, 0) is 36.4 Å². The molecule has 0 fully saturated rings. The first-order chi connectivity index (χ1) is 15.8. The standard InChI is InChI=1S/3C7H6O4.Al/c3*8-7(9)5-3-1-2-4-6(5)11-10;/h3*1-4,10H,(H,8,9);/q;;;+3/p-3. The molecule has 13 heteroatoms. The van der Waals surface area contributed by atoms with Gasteiger partial charge in [0.2, 0.25) is 0 Å². The minimum absolute atomic E-state index is 0. The minimum atomic E-state index is -1.17. The molecule has 3 rings (SSSR count). The number of para-hydroxylation sites is 3. The van der Waals surface area contributed by atoms with Gasteiger partial charge in [-0.1, -0.05) is 36.4 Å². The summed E-state index contributed by atoms with van der Waals surface area (Å²) in [6, 6.07) is 17.0. The van der Waals surface area contributed by atoms with E-state index in [0.717, 1.165) is 0 Å². The van der Waals surface area contributed by atoms with Gasteiger partial charge in [0.25, 0.3) is 0 Å². The Kier molecular flexibility index (Phi) is 13.8. The van der Waals surface area contributed by atoms with Crippen molar-refractivity contribution in [3.8, 4) is 17.2 Å². The van der Waals surface area contributed by atoms with Crippen LogP contribution in [0.3, 0.4) is 0 Å². The average molecular weight is 486 g/mol. The summed E-state index contributed by atoms with van der Waals surface area (Å²) in [6.45, 7) is 0. The number of aromatic carboxylic acids is 3. The Hall–Kier alpha value is -4.12. The summed E-state index contributed by atoms with van der Waals surface area (Å²) in [5.41, 5.74) is -0.368. The molecule has 0 saturated heterocycles. The number of benzene rings is 3. The van der Waals surface area contributed by atoms with Gasteiger partial charge in [0.05, 0.1) is 0 Å². The molecule has 0 saturated carbocycles. The molecular weight excluding hydrogens is 471 g/mol. The van der Waals surface area contributed by atoms with E-state index in [-0.39, 0.29) is 51.3 Å². The number of carboxylic acids is 3. The Morgan fingerprint density at radius 3 is 0.853 bits per heavy atom. The summed E-state index contributed by atoms with van der Waals surface area (Å²) in [6.07, 6.45) is 0. The fourth-order valence-corrected chi connectivity index (χ4v) is 2.15. The van der Waals surface area contributed by atoms with Crippen LogP contribution in [0.1, 0.15) is 31.1 Å². The fraction of sp³-hybridized carbons (Fsp3) is 0. The van der Waals surface area contributed by atoms with Gasteiger partial charge in [0.15, 0.2) is 0 Å². The van der Waals surface area contributed by atoms with Gasteiger partial charge in [-0.25, -0.2) is 14.4 Å². The molecule has 0 radical (unpaired) electrons. The van der Waals surface area contributed by atoms with E-state index in [1.165, 1.54) is 72.8 Å². The van der Waals surface area contributed by atoms with E-state index in [1.54, 1.807) is 0 Å². The zero-order chi connectivity index (χ0) is 24.8. The summed E-state index contributed by atoms with van der Waals surface area (Å²) >= 11 is 0. The third kappa shape index (κ3) is 9.17. The largest absolute Gasteiger partial charge is 3.00 e. The molecule has 3 N–H and O–H groups in total. The molecule has 174 valence electrons. The van der Waals surface area contributed by atoms with Crippen LogP contribution in [0.25, 0.3) is 0 Å². The van der Waals surface area contributed by atoms with Gasteiger partial charge >= 0.3 is 35.3 Å². The monoisotopic (exact) mass is 486 g/mol. The maximum Gasteiger partial charge on any atom is 3.00 e. The summed E-state index contributed by atoms with van der Waals surface area (Å²) in [5.74, 6) is -4.01. The Morgan fingerprint density at radius 1 is 0.500 bits per heavy atom. The second-order valence-electron chi connectivity index (χ2n) is 5.65. The van der Waals surface area contributed by atoms with Crippen molar-refractivity contribution in [2.24, 2.45) is 0 Å². The van der Waals surface area contributed by atoms with E-state index < -0.39 is 17.9 Å². The van der Waals surface area contributed by atoms with Crippen LogP contribution in [0.5, 0.6) is 17.2 Å². The molecular formula is C21H15AlO12. The van der Waals surface area contributed by atoms with Crippen molar-refractivity contribution in [2.45, 2.75) is 0 Å². The second kappa shape index (κ2) is 15.6. The molecule has 0 aliphatic carbocycles. The zero-order valence-corrected chi connectivity index (χ0v) is 18.2. The zero-order valence-electron chi connectivity index (χ0n) is 17.0. The number of rotatable bonds is 6. The van der Waals surface area contributed by atoms with E-state index in [9.17, 15) is 30.2 Å². The number of hydrogen-bond donors (Lipinski definition) is 3. The van der Waals surface area contributed by atoms with Crippen molar-refractivity contribution in [1.29, 1.82) is 0 Å². The molecule has 0 unspecified atom stereocenters. The van der Waals surface area contributed by atoms with Crippen LogP contribution < -0.4 is 30.4 Å². The fourth-order valence-electron chi connectivity index (χ4n) is 2.15. The van der Waals surface area contributed by atoms with Gasteiger partial charge in [-0.3, -0.25) is 0 Å². The predicted octanol–water partition coefficient (Wildman–Crippen LogP) is -0.264. The molecule has 3 aromatic carbocycles. The van der Waals surface area contributed by atoms with Gasteiger partial charge in [-0.15, -0.1) is 0 Å². The first kappa shape index (κ1) is 29.9.